The van der Waals surface area contributed by atoms with Crippen LogP contribution in [0.2, 0.25) is 0 Å². The Bertz CT molecular complexity index is 595. The SMILES string of the molecule is Cc1ccsc1C(C)(N)c1ccc2c(c1)CCCC2. The van der Waals surface area contributed by atoms with Crippen molar-refractivity contribution in [2.45, 2.75) is 45.1 Å². The summed E-state index contributed by atoms with van der Waals surface area (Å²) in [6.45, 7) is 4.28. The largest absolute Gasteiger partial charge is 0.317 e. The summed E-state index contributed by atoms with van der Waals surface area (Å²) in [5, 5.41) is 2.13. The molecule has 2 aromatic rings. The molecular formula is C17H21NS. The molecule has 0 fully saturated rings. The van der Waals surface area contributed by atoms with Crippen LogP contribution in [0.25, 0.3) is 0 Å². The number of nitrogens with two attached hydrogens (primary N) is 1. The maximum absolute atomic E-state index is 6.65. The molecule has 0 saturated carbocycles. The Kier molecular flexibility index (Phi) is 3.23. The molecule has 1 unspecified atom stereocenters. The first-order valence-electron chi connectivity index (χ1n) is 7.05. The van der Waals surface area contributed by atoms with Gasteiger partial charge in [-0.05, 0) is 73.2 Å². The van der Waals surface area contributed by atoms with Gasteiger partial charge in [0.1, 0.15) is 0 Å². The van der Waals surface area contributed by atoms with Crippen molar-refractivity contribution >= 4 is 11.3 Å². The second-order valence-electron chi connectivity index (χ2n) is 5.83. The first-order chi connectivity index (χ1) is 9.09. The second kappa shape index (κ2) is 4.77. The van der Waals surface area contributed by atoms with Gasteiger partial charge in [0.15, 0.2) is 0 Å². The molecule has 1 aromatic carbocycles. The van der Waals surface area contributed by atoms with Crippen LogP contribution < -0.4 is 5.73 Å². The van der Waals surface area contributed by atoms with E-state index in [9.17, 15) is 0 Å². The molecular weight excluding hydrogens is 250 g/mol. The summed E-state index contributed by atoms with van der Waals surface area (Å²) in [6, 6.07) is 9.01. The van der Waals surface area contributed by atoms with Crippen LogP contribution in [0.4, 0.5) is 0 Å². The summed E-state index contributed by atoms with van der Waals surface area (Å²) in [6.07, 6.45) is 5.09. The molecule has 1 aliphatic carbocycles. The van der Waals surface area contributed by atoms with Gasteiger partial charge in [0.25, 0.3) is 0 Å². The number of aryl methyl sites for hydroxylation is 3. The van der Waals surface area contributed by atoms with Crippen LogP contribution in [0.1, 0.15) is 46.9 Å². The van der Waals surface area contributed by atoms with E-state index in [4.69, 9.17) is 5.73 Å². The highest BCUT2D eigenvalue weighted by atomic mass is 32.1. The minimum atomic E-state index is -0.370. The fourth-order valence-corrected chi connectivity index (χ4v) is 4.12. The quantitative estimate of drug-likeness (QED) is 0.872. The fraction of sp³-hybridized carbons (Fsp3) is 0.412. The van der Waals surface area contributed by atoms with Gasteiger partial charge in [0.05, 0.1) is 5.54 Å². The Morgan fingerprint density at radius 2 is 1.84 bits per heavy atom. The van der Waals surface area contributed by atoms with Crippen molar-refractivity contribution < 1.29 is 0 Å². The summed E-state index contributed by atoms with van der Waals surface area (Å²) < 4.78 is 0. The number of rotatable bonds is 2. The Morgan fingerprint density at radius 3 is 2.53 bits per heavy atom. The van der Waals surface area contributed by atoms with Crippen molar-refractivity contribution in [3.8, 4) is 0 Å². The molecule has 0 radical (unpaired) electrons. The smallest absolute Gasteiger partial charge is 0.0733 e. The van der Waals surface area contributed by atoms with Crippen LogP contribution in [0.5, 0.6) is 0 Å². The predicted octanol–water partition coefficient (Wildman–Crippen LogP) is 4.16. The third-order valence-corrected chi connectivity index (χ3v) is 5.54. The number of benzene rings is 1. The molecule has 100 valence electrons. The summed E-state index contributed by atoms with van der Waals surface area (Å²) in [5.41, 5.74) is 11.9. The molecule has 1 aromatic heterocycles. The molecule has 1 aliphatic rings. The topological polar surface area (TPSA) is 26.0 Å². The van der Waals surface area contributed by atoms with Crippen molar-refractivity contribution in [1.29, 1.82) is 0 Å². The van der Waals surface area contributed by atoms with E-state index in [0.717, 1.165) is 0 Å². The van der Waals surface area contributed by atoms with Gasteiger partial charge in [-0.1, -0.05) is 18.2 Å². The fourth-order valence-electron chi connectivity index (χ4n) is 3.09. The van der Waals surface area contributed by atoms with Crippen LogP contribution in [-0.2, 0) is 18.4 Å². The average molecular weight is 271 g/mol. The molecule has 2 N–H and O–H groups in total. The summed E-state index contributed by atoms with van der Waals surface area (Å²) in [5.74, 6) is 0. The average Bonchev–Trinajstić information content (AvgIpc) is 2.85. The van der Waals surface area contributed by atoms with E-state index in [0.29, 0.717) is 0 Å². The third kappa shape index (κ3) is 2.24. The van der Waals surface area contributed by atoms with Crippen LogP contribution in [0, 0.1) is 6.92 Å². The Hall–Kier alpha value is -1.12. The van der Waals surface area contributed by atoms with Crippen LogP contribution >= 0.6 is 11.3 Å². The van der Waals surface area contributed by atoms with Crippen molar-refractivity contribution in [1.82, 2.24) is 0 Å². The summed E-state index contributed by atoms with van der Waals surface area (Å²) >= 11 is 1.76. The van der Waals surface area contributed by atoms with E-state index in [1.54, 1.807) is 11.3 Å². The molecule has 1 nitrogen and oxygen atoms in total. The van der Waals surface area contributed by atoms with E-state index >= 15 is 0 Å². The summed E-state index contributed by atoms with van der Waals surface area (Å²) in [4.78, 5) is 1.28. The Balaban J connectivity index is 2.04. The highest BCUT2D eigenvalue weighted by Gasteiger charge is 2.27. The van der Waals surface area contributed by atoms with Crippen LogP contribution in [0.15, 0.2) is 29.6 Å². The van der Waals surface area contributed by atoms with Crippen LogP contribution in [-0.4, -0.2) is 0 Å². The van der Waals surface area contributed by atoms with Crippen molar-refractivity contribution in [2.24, 2.45) is 5.73 Å². The van der Waals surface area contributed by atoms with E-state index in [2.05, 4.69) is 43.5 Å². The maximum atomic E-state index is 6.65. The number of fused-ring (bicyclic) bond motifs is 1. The highest BCUT2D eigenvalue weighted by Crippen LogP contribution is 2.34. The monoisotopic (exact) mass is 271 g/mol. The minimum absolute atomic E-state index is 0.370. The lowest BCUT2D eigenvalue weighted by molar-refractivity contribution is 0.607. The van der Waals surface area contributed by atoms with Gasteiger partial charge in [0, 0.05) is 4.88 Å². The molecule has 0 amide bonds. The first-order valence-corrected chi connectivity index (χ1v) is 7.93. The molecule has 3 rings (SSSR count). The maximum Gasteiger partial charge on any atom is 0.0733 e. The zero-order valence-corrected chi connectivity index (χ0v) is 12.5. The van der Waals surface area contributed by atoms with Gasteiger partial charge < -0.3 is 5.73 Å². The van der Waals surface area contributed by atoms with Crippen molar-refractivity contribution in [3.05, 3.63) is 56.8 Å². The molecule has 1 heterocycles. The standard InChI is InChI=1S/C17H21NS/c1-12-9-10-19-16(12)17(2,18)15-8-7-13-5-3-4-6-14(13)11-15/h7-11H,3-6,18H2,1-2H3. The zero-order valence-electron chi connectivity index (χ0n) is 11.7. The van der Waals surface area contributed by atoms with Gasteiger partial charge in [-0.25, -0.2) is 0 Å². The lowest BCUT2D eigenvalue weighted by Gasteiger charge is -2.27. The zero-order chi connectivity index (χ0) is 13.5. The Morgan fingerprint density at radius 1 is 1.11 bits per heavy atom. The molecule has 0 spiro atoms. The van der Waals surface area contributed by atoms with Gasteiger partial charge in [-0.15, -0.1) is 11.3 Å². The predicted molar refractivity (Wildman–Crippen MR) is 82.8 cm³/mol. The summed E-state index contributed by atoms with van der Waals surface area (Å²) in [7, 11) is 0. The van der Waals surface area contributed by atoms with Gasteiger partial charge >= 0.3 is 0 Å². The van der Waals surface area contributed by atoms with Gasteiger partial charge in [0.2, 0.25) is 0 Å². The lowest BCUT2D eigenvalue weighted by Crippen LogP contribution is -2.34. The minimum Gasteiger partial charge on any atom is -0.317 e. The first kappa shape index (κ1) is 12.9. The number of thiophene rings is 1. The van der Waals surface area contributed by atoms with Gasteiger partial charge in [-0.3, -0.25) is 0 Å². The lowest BCUT2D eigenvalue weighted by atomic mass is 9.84. The van der Waals surface area contributed by atoms with Gasteiger partial charge in [-0.2, -0.15) is 0 Å². The van der Waals surface area contributed by atoms with E-state index in [-0.39, 0.29) is 5.54 Å². The number of hydrogen-bond donors (Lipinski definition) is 1. The highest BCUT2D eigenvalue weighted by molar-refractivity contribution is 7.10. The molecule has 19 heavy (non-hydrogen) atoms. The van der Waals surface area contributed by atoms with Crippen LogP contribution in [0.3, 0.4) is 0 Å². The number of hydrogen-bond acceptors (Lipinski definition) is 2. The molecule has 2 heteroatoms. The van der Waals surface area contributed by atoms with E-state index in [1.165, 1.54) is 52.8 Å². The van der Waals surface area contributed by atoms with E-state index < -0.39 is 0 Å². The third-order valence-electron chi connectivity index (χ3n) is 4.28. The molecule has 0 bridgehead atoms. The second-order valence-corrected chi connectivity index (χ2v) is 6.74. The Labute approximate surface area is 119 Å². The van der Waals surface area contributed by atoms with E-state index in [1.807, 2.05) is 0 Å². The molecule has 1 atom stereocenters. The molecule has 0 aliphatic heterocycles. The van der Waals surface area contributed by atoms with Crippen molar-refractivity contribution in [2.75, 3.05) is 0 Å². The van der Waals surface area contributed by atoms with Crippen molar-refractivity contribution in [3.63, 3.8) is 0 Å². The normalized spacial score (nSPS) is 17.8. The molecule has 0 saturated heterocycles.